The lowest BCUT2D eigenvalue weighted by molar-refractivity contribution is 0.733. The molecule has 7 nitrogen and oxygen atoms in total. The Kier molecular flexibility index (Phi) is 3.84. The fraction of sp³-hybridized carbons (Fsp3) is 0.188. The predicted octanol–water partition coefficient (Wildman–Crippen LogP) is 1.43. The molecule has 0 aliphatic carbocycles. The summed E-state index contributed by atoms with van der Waals surface area (Å²) in [5, 5.41) is 7.21. The molecule has 3 aromatic rings. The van der Waals surface area contributed by atoms with Crippen LogP contribution in [0.25, 0.3) is 5.82 Å². The van der Waals surface area contributed by atoms with E-state index in [1.54, 1.807) is 19.3 Å². The van der Waals surface area contributed by atoms with Crippen LogP contribution in [0, 0.1) is 0 Å². The molecule has 0 aliphatic rings. The lowest BCUT2D eigenvalue weighted by Crippen LogP contribution is -2.34. The molecule has 2 N–H and O–H groups in total. The zero-order valence-electron chi connectivity index (χ0n) is 12.9. The van der Waals surface area contributed by atoms with Gasteiger partial charge in [-0.3, -0.25) is 14.5 Å². The number of aryl methyl sites for hydroxylation is 1. The molecule has 2 aromatic heterocycles. The van der Waals surface area contributed by atoms with E-state index in [9.17, 15) is 9.59 Å². The fourth-order valence-electron chi connectivity index (χ4n) is 2.37. The summed E-state index contributed by atoms with van der Waals surface area (Å²) in [4.78, 5) is 27.1. The molecule has 0 aliphatic heterocycles. The maximum Gasteiger partial charge on any atom is 0.335 e. The van der Waals surface area contributed by atoms with E-state index >= 15 is 0 Å². The van der Waals surface area contributed by atoms with Crippen LogP contribution in [-0.2, 0) is 7.05 Å². The molecule has 0 bridgehead atoms. The van der Waals surface area contributed by atoms with Crippen molar-refractivity contribution in [3.05, 3.63) is 75.1 Å². The highest BCUT2D eigenvalue weighted by molar-refractivity contribution is 5.37. The molecule has 118 valence electrons. The molecule has 1 unspecified atom stereocenters. The van der Waals surface area contributed by atoms with E-state index in [2.05, 4.69) is 15.4 Å². The first kappa shape index (κ1) is 14.8. The highest BCUT2D eigenvalue weighted by Gasteiger charge is 2.11. The van der Waals surface area contributed by atoms with E-state index in [1.807, 2.05) is 37.3 Å². The van der Waals surface area contributed by atoms with Gasteiger partial charge in [-0.15, -0.1) is 0 Å². The van der Waals surface area contributed by atoms with Crippen molar-refractivity contribution >= 4 is 5.82 Å². The van der Waals surface area contributed by atoms with Crippen molar-refractivity contribution in [1.29, 1.82) is 0 Å². The Morgan fingerprint density at radius 3 is 2.52 bits per heavy atom. The minimum Gasteiger partial charge on any atom is -0.365 e. The van der Waals surface area contributed by atoms with Crippen molar-refractivity contribution in [3.8, 4) is 5.82 Å². The van der Waals surface area contributed by atoms with Crippen LogP contribution in [0.5, 0.6) is 0 Å². The number of aromatic amines is 1. The van der Waals surface area contributed by atoms with Crippen molar-refractivity contribution < 1.29 is 0 Å². The summed E-state index contributed by atoms with van der Waals surface area (Å²) in [7, 11) is 1.72. The average molecular weight is 311 g/mol. The molecule has 7 heteroatoms. The van der Waals surface area contributed by atoms with Gasteiger partial charge in [-0.05, 0) is 12.5 Å². The summed E-state index contributed by atoms with van der Waals surface area (Å²) in [6, 6.07) is 12.7. The third-order valence-corrected chi connectivity index (χ3v) is 3.53. The Hall–Kier alpha value is -3.09. The van der Waals surface area contributed by atoms with E-state index < -0.39 is 11.2 Å². The average Bonchev–Trinajstić information content (AvgIpc) is 2.93. The minimum atomic E-state index is -0.529. The largest absolute Gasteiger partial charge is 0.365 e. The fourth-order valence-corrected chi connectivity index (χ4v) is 2.37. The zero-order chi connectivity index (χ0) is 16.4. The van der Waals surface area contributed by atoms with Crippen LogP contribution in [0.15, 0.2) is 58.3 Å². The Labute approximate surface area is 132 Å². The first-order valence-electron chi connectivity index (χ1n) is 7.22. The quantitative estimate of drug-likeness (QED) is 0.763. The van der Waals surface area contributed by atoms with Crippen LogP contribution >= 0.6 is 0 Å². The number of hydrogen-bond acceptors (Lipinski definition) is 4. The molecule has 0 amide bonds. The summed E-state index contributed by atoms with van der Waals surface area (Å²) in [5.41, 5.74) is 0.0939. The standard InChI is InChI=1S/C16H17N5O2/c1-11(12-6-4-3-5-7-12)17-13-10-15(22)21(16(23)18-13)14-8-9-20(2)19-14/h3-11,17H,1-2H3,(H,18,23). The van der Waals surface area contributed by atoms with Crippen LogP contribution in [0.2, 0.25) is 0 Å². The SMILES string of the molecule is CC(Nc1cc(=O)n(-c2ccn(C)n2)c(=O)[nH]1)c1ccccc1. The monoisotopic (exact) mass is 311 g/mol. The lowest BCUT2D eigenvalue weighted by atomic mass is 10.1. The summed E-state index contributed by atoms with van der Waals surface area (Å²) >= 11 is 0. The van der Waals surface area contributed by atoms with Crippen LogP contribution in [0.4, 0.5) is 5.82 Å². The third-order valence-electron chi connectivity index (χ3n) is 3.53. The van der Waals surface area contributed by atoms with E-state index in [-0.39, 0.29) is 6.04 Å². The van der Waals surface area contributed by atoms with E-state index in [1.165, 1.54) is 10.7 Å². The maximum atomic E-state index is 12.2. The van der Waals surface area contributed by atoms with Gasteiger partial charge in [0.25, 0.3) is 5.56 Å². The number of benzene rings is 1. The number of hydrogen-bond donors (Lipinski definition) is 2. The van der Waals surface area contributed by atoms with Crippen LogP contribution in [-0.4, -0.2) is 19.3 Å². The van der Waals surface area contributed by atoms with Crippen molar-refractivity contribution in [2.45, 2.75) is 13.0 Å². The van der Waals surface area contributed by atoms with Crippen LogP contribution in [0.1, 0.15) is 18.5 Å². The van der Waals surface area contributed by atoms with E-state index in [0.717, 1.165) is 10.1 Å². The first-order valence-corrected chi connectivity index (χ1v) is 7.22. The van der Waals surface area contributed by atoms with Gasteiger partial charge in [0.2, 0.25) is 0 Å². The molecule has 0 saturated heterocycles. The molecule has 0 radical (unpaired) electrons. The molecule has 1 atom stereocenters. The normalized spacial score (nSPS) is 12.1. The number of anilines is 1. The number of rotatable bonds is 4. The molecule has 2 heterocycles. The molecule has 1 aromatic carbocycles. The summed E-state index contributed by atoms with van der Waals surface area (Å²) in [5.74, 6) is 0.671. The second-order valence-electron chi connectivity index (χ2n) is 5.29. The van der Waals surface area contributed by atoms with Gasteiger partial charge >= 0.3 is 5.69 Å². The Morgan fingerprint density at radius 2 is 1.91 bits per heavy atom. The van der Waals surface area contributed by atoms with Crippen molar-refractivity contribution in [3.63, 3.8) is 0 Å². The molecule has 3 rings (SSSR count). The van der Waals surface area contributed by atoms with Crippen LogP contribution in [0.3, 0.4) is 0 Å². The van der Waals surface area contributed by atoms with Crippen molar-refractivity contribution in [2.24, 2.45) is 7.05 Å². The molecule has 0 fully saturated rings. The number of aromatic nitrogens is 4. The second kappa shape index (κ2) is 5.96. The Bertz CT molecular complexity index is 892. The number of nitrogens with one attached hydrogen (secondary N) is 2. The second-order valence-corrected chi connectivity index (χ2v) is 5.29. The molecule has 23 heavy (non-hydrogen) atoms. The third kappa shape index (κ3) is 3.08. The maximum absolute atomic E-state index is 12.2. The molecule has 0 spiro atoms. The van der Waals surface area contributed by atoms with Gasteiger partial charge in [0.05, 0.1) is 0 Å². The van der Waals surface area contributed by atoms with Gasteiger partial charge in [0.15, 0.2) is 5.82 Å². The zero-order valence-corrected chi connectivity index (χ0v) is 12.9. The number of H-pyrrole nitrogens is 1. The van der Waals surface area contributed by atoms with Gasteiger partial charge in [0, 0.05) is 31.4 Å². The molecular weight excluding hydrogens is 294 g/mol. The first-order chi connectivity index (χ1) is 11.0. The summed E-state index contributed by atoms with van der Waals surface area (Å²) in [6.45, 7) is 1.96. The molecular formula is C16H17N5O2. The van der Waals surface area contributed by atoms with E-state index in [4.69, 9.17) is 0 Å². The minimum absolute atomic E-state index is 0.0445. The van der Waals surface area contributed by atoms with Gasteiger partial charge in [0.1, 0.15) is 5.82 Å². The van der Waals surface area contributed by atoms with Crippen molar-refractivity contribution in [1.82, 2.24) is 19.3 Å². The van der Waals surface area contributed by atoms with Gasteiger partial charge < -0.3 is 5.32 Å². The van der Waals surface area contributed by atoms with Gasteiger partial charge in [-0.25, -0.2) is 9.36 Å². The topological polar surface area (TPSA) is 84.7 Å². The van der Waals surface area contributed by atoms with Crippen LogP contribution < -0.4 is 16.6 Å². The highest BCUT2D eigenvalue weighted by Crippen LogP contribution is 2.15. The Morgan fingerprint density at radius 1 is 1.17 bits per heavy atom. The summed E-state index contributed by atoms with van der Waals surface area (Å²) < 4.78 is 2.53. The van der Waals surface area contributed by atoms with E-state index in [0.29, 0.717) is 11.6 Å². The lowest BCUT2D eigenvalue weighted by Gasteiger charge is -2.15. The number of nitrogens with zero attached hydrogens (tertiary/aromatic N) is 3. The predicted molar refractivity (Wildman–Crippen MR) is 87.9 cm³/mol. The van der Waals surface area contributed by atoms with Gasteiger partial charge in [-0.1, -0.05) is 30.3 Å². The van der Waals surface area contributed by atoms with Crippen molar-refractivity contribution in [2.75, 3.05) is 5.32 Å². The summed E-state index contributed by atoms with van der Waals surface area (Å²) in [6.07, 6.45) is 1.67. The highest BCUT2D eigenvalue weighted by atomic mass is 16.2. The molecule has 0 saturated carbocycles. The van der Waals surface area contributed by atoms with Gasteiger partial charge in [-0.2, -0.15) is 5.10 Å². The Balaban J connectivity index is 1.91. The smallest absolute Gasteiger partial charge is 0.335 e.